The monoisotopic (exact) mass is 171 g/mol. The van der Waals surface area contributed by atoms with Crippen molar-refractivity contribution < 1.29 is 5.11 Å². The van der Waals surface area contributed by atoms with Crippen LogP contribution in [0.25, 0.3) is 0 Å². The quantitative estimate of drug-likeness (QED) is 0.363. The van der Waals surface area contributed by atoms with Crippen molar-refractivity contribution in [3.8, 4) is 0 Å². The van der Waals surface area contributed by atoms with Crippen molar-refractivity contribution in [2.24, 2.45) is 5.41 Å². The standard InChI is InChI=1S/C10H21NO/c1-4-6-10(3,5-2)7-8-11-9-12/h4,6,11-12H,5,7-9H2,1-3H3. The molecule has 0 heterocycles. The summed E-state index contributed by atoms with van der Waals surface area (Å²) >= 11 is 0. The number of hydrogen-bond acceptors (Lipinski definition) is 2. The molecule has 0 aliphatic carbocycles. The molecule has 0 amide bonds. The van der Waals surface area contributed by atoms with Crippen LogP contribution >= 0.6 is 0 Å². The predicted octanol–water partition coefficient (Wildman–Crippen LogP) is 1.91. The molecule has 0 saturated heterocycles. The molecule has 0 bridgehead atoms. The summed E-state index contributed by atoms with van der Waals surface area (Å²) in [5, 5.41) is 11.5. The maximum absolute atomic E-state index is 8.54. The first kappa shape index (κ1) is 11.7. The van der Waals surface area contributed by atoms with Gasteiger partial charge in [0.15, 0.2) is 0 Å². The first-order chi connectivity index (χ1) is 5.68. The lowest BCUT2D eigenvalue weighted by atomic mass is 9.84. The van der Waals surface area contributed by atoms with Crippen molar-refractivity contribution in [3.05, 3.63) is 12.2 Å². The second-order valence-corrected chi connectivity index (χ2v) is 3.42. The molecule has 2 nitrogen and oxygen atoms in total. The zero-order chi connectivity index (χ0) is 9.45. The number of allylic oxidation sites excluding steroid dienone is 2. The van der Waals surface area contributed by atoms with Gasteiger partial charge in [-0.1, -0.05) is 26.0 Å². The third-order valence-electron chi connectivity index (χ3n) is 2.36. The number of hydrogen-bond donors (Lipinski definition) is 2. The van der Waals surface area contributed by atoms with E-state index >= 15 is 0 Å². The van der Waals surface area contributed by atoms with Gasteiger partial charge in [0, 0.05) is 0 Å². The summed E-state index contributed by atoms with van der Waals surface area (Å²) in [6.45, 7) is 7.44. The van der Waals surface area contributed by atoms with Crippen LogP contribution in [0, 0.1) is 5.41 Å². The van der Waals surface area contributed by atoms with Gasteiger partial charge >= 0.3 is 0 Å². The van der Waals surface area contributed by atoms with Crippen LogP contribution in [0.2, 0.25) is 0 Å². The summed E-state index contributed by atoms with van der Waals surface area (Å²) in [6.07, 6.45) is 6.56. The van der Waals surface area contributed by atoms with Crippen molar-refractivity contribution in [2.75, 3.05) is 13.3 Å². The van der Waals surface area contributed by atoms with Gasteiger partial charge in [0.2, 0.25) is 0 Å². The highest BCUT2D eigenvalue weighted by atomic mass is 16.3. The second kappa shape index (κ2) is 6.21. The van der Waals surface area contributed by atoms with Crippen LogP contribution in [0.1, 0.15) is 33.6 Å². The Hall–Kier alpha value is -0.340. The molecule has 12 heavy (non-hydrogen) atoms. The molecule has 0 aliphatic heterocycles. The number of rotatable bonds is 6. The van der Waals surface area contributed by atoms with E-state index in [-0.39, 0.29) is 12.1 Å². The van der Waals surface area contributed by atoms with E-state index in [1.54, 1.807) is 0 Å². The van der Waals surface area contributed by atoms with Gasteiger partial charge in [-0.2, -0.15) is 0 Å². The molecule has 1 unspecified atom stereocenters. The van der Waals surface area contributed by atoms with E-state index in [1.165, 1.54) is 0 Å². The first-order valence-electron chi connectivity index (χ1n) is 4.64. The topological polar surface area (TPSA) is 32.3 Å². The maximum Gasteiger partial charge on any atom is 0.0931 e. The zero-order valence-electron chi connectivity index (χ0n) is 8.43. The number of aliphatic hydroxyl groups is 1. The third kappa shape index (κ3) is 4.52. The zero-order valence-corrected chi connectivity index (χ0v) is 8.43. The molecular formula is C10H21NO. The molecule has 72 valence electrons. The van der Waals surface area contributed by atoms with Crippen LogP contribution in [0.3, 0.4) is 0 Å². The van der Waals surface area contributed by atoms with Crippen LogP contribution in [-0.2, 0) is 0 Å². The Kier molecular flexibility index (Phi) is 6.03. The number of nitrogens with one attached hydrogen (secondary N) is 1. The summed E-state index contributed by atoms with van der Waals surface area (Å²) in [6, 6.07) is 0. The molecular weight excluding hydrogens is 150 g/mol. The average molecular weight is 171 g/mol. The van der Waals surface area contributed by atoms with Crippen molar-refractivity contribution >= 4 is 0 Å². The lowest BCUT2D eigenvalue weighted by molar-refractivity contribution is 0.248. The van der Waals surface area contributed by atoms with Gasteiger partial charge in [-0.15, -0.1) is 0 Å². The maximum atomic E-state index is 8.54. The molecule has 0 aromatic rings. The minimum atomic E-state index is 0.0790. The molecule has 0 spiro atoms. The highest BCUT2D eigenvalue weighted by molar-refractivity contribution is 4.95. The fraction of sp³-hybridized carbons (Fsp3) is 0.800. The molecule has 0 aliphatic rings. The van der Waals surface area contributed by atoms with Gasteiger partial charge in [0.25, 0.3) is 0 Å². The molecule has 1 atom stereocenters. The van der Waals surface area contributed by atoms with E-state index in [1.807, 2.05) is 6.92 Å². The minimum absolute atomic E-state index is 0.0790. The van der Waals surface area contributed by atoms with Crippen LogP contribution in [0.5, 0.6) is 0 Å². The van der Waals surface area contributed by atoms with Crippen LogP contribution in [0.4, 0.5) is 0 Å². The molecule has 0 aromatic heterocycles. The molecule has 0 rings (SSSR count). The highest BCUT2D eigenvalue weighted by Crippen LogP contribution is 2.26. The van der Waals surface area contributed by atoms with Gasteiger partial charge in [-0.3, -0.25) is 5.32 Å². The van der Waals surface area contributed by atoms with Gasteiger partial charge < -0.3 is 5.11 Å². The summed E-state index contributed by atoms with van der Waals surface area (Å²) in [5.41, 5.74) is 0.289. The predicted molar refractivity (Wildman–Crippen MR) is 52.9 cm³/mol. The lowest BCUT2D eigenvalue weighted by Gasteiger charge is -2.24. The van der Waals surface area contributed by atoms with E-state index in [0.29, 0.717) is 0 Å². The van der Waals surface area contributed by atoms with E-state index in [9.17, 15) is 0 Å². The van der Waals surface area contributed by atoms with Gasteiger partial charge in [0.1, 0.15) is 0 Å². The Labute approximate surface area is 75.7 Å². The number of aliphatic hydroxyl groups excluding tert-OH is 1. The van der Waals surface area contributed by atoms with Gasteiger partial charge in [-0.25, -0.2) is 0 Å². The van der Waals surface area contributed by atoms with Crippen LogP contribution in [0.15, 0.2) is 12.2 Å². The fourth-order valence-corrected chi connectivity index (χ4v) is 1.23. The minimum Gasteiger partial charge on any atom is -0.381 e. The van der Waals surface area contributed by atoms with Crippen LogP contribution in [-0.4, -0.2) is 18.4 Å². The van der Waals surface area contributed by atoms with E-state index < -0.39 is 0 Å². The summed E-state index contributed by atoms with van der Waals surface area (Å²) in [7, 11) is 0. The fourth-order valence-electron chi connectivity index (χ4n) is 1.23. The molecule has 0 radical (unpaired) electrons. The molecule has 0 saturated carbocycles. The van der Waals surface area contributed by atoms with Crippen molar-refractivity contribution in [3.63, 3.8) is 0 Å². The smallest absolute Gasteiger partial charge is 0.0931 e. The van der Waals surface area contributed by atoms with E-state index in [0.717, 1.165) is 19.4 Å². The Morgan fingerprint density at radius 2 is 2.17 bits per heavy atom. The lowest BCUT2D eigenvalue weighted by Crippen LogP contribution is -2.23. The second-order valence-electron chi connectivity index (χ2n) is 3.42. The van der Waals surface area contributed by atoms with Gasteiger partial charge in [-0.05, 0) is 31.7 Å². The Morgan fingerprint density at radius 1 is 1.50 bits per heavy atom. The summed E-state index contributed by atoms with van der Waals surface area (Å²) in [4.78, 5) is 0. The average Bonchev–Trinajstić information content (AvgIpc) is 2.06. The summed E-state index contributed by atoms with van der Waals surface area (Å²) < 4.78 is 0. The first-order valence-corrected chi connectivity index (χ1v) is 4.64. The van der Waals surface area contributed by atoms with Gasteiger partial charge in [0.05, 0.1) is 6.73 Å². The Morgan fingerprint density at radius 3 is 2.58 bits per heavy atom. The Bertz CT molecular complexity index is 134. The molecule has 0 aromatic carbocycles. The summed E-state index contributed by atoms with van der Waals surface area (Å²) in [5.74, 6) is 0. The highest BCUT2D eigenvalue weighted by Gasteiger charge is 2.16. The van der Waals surface area contributed by atoms with Crippen molar-refractivity contribution in [2.45, 2.75) is 33.6 Å². The van der Waals surface area contributed by atoms with Crippen LogP contribution < -0.4 is 5.32 Å². The SMILES string of the molecule is CC=CC(C)(CC)CCNCO. The molecule has 2 heteroatoms. The Balaban J connectivity index is 3.79. The largest absolute Gasteiger partial charge is 0.381 e. The normalized spacial score (nSPS) is 16.7. The molecule has 2 N–H and O–H groups in total. The van der Waals surface area contributed by atoms with Crippen molar-refractivity contribution in [1.82, 2.24) is 5.32 Å². The third-order valence-corrected chi connectivity index (χ3v) is 2.36. The molecule has 0 fully saturated rings. The van der Waals surface area contributed by atoms with Crippen molar-refractivity contribution in [1.29, 1.82) is 0 Å². The van der Waals surface area contributed by atoms with E-state index in [4.69, 9.17) is 5.11 Å². The van der Waals surface area contributed by atoms with E-state index in [2.05, 4.69) is 31.3 Å².